The normalized spacial score (nSPS) is 22.9. The smallest absolute Gasteiger partial charge is 0.385 e. The molecule has 2 aliphatic rings. The summed E-state index contributed by atoms with van der Waals surface area (Å²) in [7, 11) is 4.13. The first kappa shape index (κ1) is 53.2. The van der Waals surface area contributed by atoms with Crippen LogP contribution >= 0.6 is 23.2 Å². The number of halogens is 5. The zero-order chi connectivity index (χ0) is 47.2. The van der Waals surface area contributed by atoms with Gasteiger partial charge in [0.1, 0.15) is 41.7 Å². The van der Waals surface area contributed by atoms with Crippen LogP contribution in [0.2, 0.25) is 10.0 Å². The highest BCUT2D eigenvalue weighted by atomic mass is 35.5. The Kier molecular flexibility index (Phi) is 20.4. The number of methoxy groups -OCH3 is 1. The summed E-state index contributed by atoms with van der Waals surface area (Å²) in [5.74, 6) is -5.55. The van der Waals surface area contributed by atoms with Crippen molar-refractivity contribution in [3.8, 4) is 0 Å². The number of benzene rings is 1. The van der Waals surface area contributed by atoms with Crippen LogP contribution in [-0.4, -0.2) is 128 Å². The highest BCUT2D eigenvalue weighted by Gasteiger charge is 2.60. The number of nitrogens with one attached hydrogen (secondary N) is 5. The summed E-state index contributed by atoms with van der Waals surface area (Å²) in [4.78, 5) is 99.5. The maximum atomic E-state index is 14.4. The maximum absolute atomic E-state index is 14.4. The van der Waals surface area contributed by atoms with Gasteiger partial charge in [0.15, 0.2) is 0 Å². The SMILES string of the molecule is CC[C@H](NC(=O)C1(C(F)(F)F)CCCCC1)C(=O)N[C@@H](CCOC)C(=O)N(C)[C@H]1CCCCNC(=O)[C@@H](C)NC(=O)[C@H](Cc2cc(Cl)ccc2Cl)N(C)C(=O)[C@H](CC(C)C)NC1=O. The van der Waals surface area contributed by atoms with Crippen LogP contribution in [0, 0.1) is 11.3 Å². The minimum atomic E-state index is -4.84. The van der Waals surface area contributed by atoms with Gasteiger partial charge >= 0.3 is 6.18 Å². The fraction of sp³-hybridized carbons (Fsp3) is 0.698. The molecule has 0 aromatic heterocycles. The molecule has 2 fully saturated rings. The second kappa shape index (κ2) is 24.2. The summed E-state index contributed by atoms with van der Waals surface area (Å²) in [6, 6.07) is -2.68. The van der Waals surface area contributed by atoms with Crippen LogP contribution < -0.4 is 26.6 Å². The molecular formula is C43H64Cl2F3N7O8. The Bertz CT molecular complexity index is 1780. The molecule has 63 heavy (non-hydrogen) atoms. The molecule has 15 nitrogen and oxygen atoms in total. The van der Waals surface area contributed by atoms with Crippen molar-refractivity contribution in [1.82, 2.24) is 36.4 Å². The second-order valence-electron chi connectivity index (χ2n) is 17.0. The summed E-state index contributed by atoms with van der Waals surface area (Å²) >= 11 is 12.7. The van der Waals surface area contributed by atoms with Crippen molar-refractivity contribution >= 4 is 64.6 Å². The molecule has 5 N–H and O–H groups in total. The minimum absolute atomic E-state index is 0.0354. The average molecular weight is 935 g/mol. The predicted octanol–water partition coefficient (Wildman–Crippen LogP) is 4.45. The lowest BCUT2D eigenvalue weighted by Crippen LogP contribution is -2.61. The standard InChI is InChI=1S/C43H64Cl2F3N7O8/c1-8-30(53-41(62)42(43(46,47)48)18-11-9-12-19-42)36(57)51-31(17-21-63-7)39(60)54(5)33-14-10-13-20-49-35(56)26(4)50-38(59)34(24-27-23-28(44)15-16-29(27)45)55(6)40(61)32(22-25(2)3)52-37(33)58/h15-16,23,25-26,30-34H,8-14,17-22,24H2,1-7H3,(H,49,56)(H,50,59)(H,51,57)(H,52,58)(H,53,62)/t26-,30+,31+,32+,33+,34+/m1/s1. The van der Waals surface area contributed by atoms with Crippen LogP contribution in [0.5, 0.6) is 0 Å². The monoisotopic (exact) mass is 933 g/mol. The van der Waals surface area contributed by atoms with E-state index in [0.717, 1.165) is 4.90 Å². The predicted molar refractivity (Wildman–Crippen MR) is 231 cm³/mol. The van der Waals surface area contributed by atoms with Gasteiger partial charge in [0.25, 0.3) is 0 Å². The van der Waals surface area contributed by atoms with Crippen molar-refractivity contribution in [2.45, 2.75) is 147 Å². The number of rotatable bonds is 14. The lowest BCUT2D eigenvalue weighted by molar-refractivity contribution is -0.230. The Labute approximate surface area is 378 Å². The summed E-state index contributed by atoms with van der Waals surface area (Å²) in [6.07, 6.45) is -4.08. The molecule has 1 aliphatic heterocycles. The van der Waals surface area contributed by atoms with E-state index in [1.807, 2.05) is 13.8 Å². The third-order valence-corrected chi connectivity index (χ3v) is 12.5. The van der Waals surface area contributed by atoms with E-state index in [1.54, 1.807) is 18.2 Å². The molecular weight excluding hydrogens is 870 g/mol. The molecule has 7 amide bonds. The van der Waals surface area contributed by atoms with Crippen LogP contribution in [0.25, 0.3) is 0 Å². The number of amides is 7. The van der Waals surface area contributed by atoms with Gasteiger partial charge in [0.2, 0.25) is 41.4 Å². The highest BCUT2D eigenvalue weighted by Crippen LogP contribution is 2.49. The zero-order valence-corrected chi connectivity index (χ0v) is 38.7. The first-order valence-electron chi connectivity index (χ1n) is 21.6. The molecule has 6 atom stereocenters. The third-order valence-electron chi connectivity index (χ3n) is 11.9. The number of carbonyl (C=O) groups excluding carboxylic acids is 7. The van der Waals surface area contributed by atoms with E-state index < -0.39 is 102 Å². The molecule has 354 valence electrons. The lowest BCUT2D eigenvalue weighted by Gasteiger charge is -2.38. The molecule has 20 heteroatoms. The molecule has 1 heterocycles. The quantitative estimate of drug-likeness (QED) is 0.181. The minimum Gasteiger partial charge on any atom is -0.385 e. The Morgan fingerprint density at radius 3 is 2.24 bits per heavy atom. The van der Waals surface area contributed by atoms with Gasteiger partial charge in [0, 0.05) is 50.8 Å². The number of hydrogen-bond donors (Lipinski definition) is 5. The van der Waals surface area contributed by atoms with Crippen LogP contribution in [0.1, 0.15) is 104 Å². The van der Waals surface area contributed by atoms with Gasteiger partial charge in [-0.15, -0.1) is 0 Å². The number of carbonyl (C=O) groups is 7. The molecule has 1 saturated heterocycles. The lowest BCUT2D eigenvalue weighted by atomic mass is 9.72. The van der Waals surface area contributed by atoms with E-state index in [-0.39, 0.29) is 69.0 Å². The van der Waals surface area contributed by atoms with Crippen molar-refractivity contribution in [2.75, 3.05) is 34.4 Å². The van der Waals surface area contributed by atoms with Crippen molar-refractivity contribution in [2.24, 2.45) is 11.3 Å². The first-order chi connectivity index (χ1) is 29.6. The van der Waals surface area contributed by atoms with E-state index in [9.17, 15) is 46.7 Å². The van der Waals surface area contributed by atoms with Gasteiger partial charge in [-0.1, -0.05) is 63.2 Å². The van der Waals surface area contributed by atoms with Gasteiger partial charge in [-0.3, -0.25) is 33.6 Å². The number of ether oxygens (including phenoxy) is 1. The summed E-state index contributed by atoms with van der Waals surface area (Å²) < 4.78 is 48.2. The molecule has 3 rings (SSSR count). The van der Waals surface area contributed by atoms with Gasteiger partial charge in [-0.25, -0.2) is 0 Å². The molecule has 0 spiro atoms. The molecule has 0 unspecified atom stereocenters. The average Bonchev–Trinajstić information content (AvgIpc) is 3.23. The topological polar surface area (TPSA) is 195 Å². The molecule has 0 radical (unpaired) electrons. The van der Waals surface area contributed by atoms with Gasteiger partial charge in [0.05, 0.1) is 0 Å². The summed E-state index contributed by atoms with van der Waals surface area (Å²) in [5.41, 5.74) is -2.18. The van der Waals surface area contributed by atoms with E-state index in [4.69, 9.17) is 27.9 Å². The van der Waals surface area contributed by atoms with Gasteiger partial charge in [-0.05, 0) is 88.0 Å². The van der Waals surface area contributed by atoms with E-state index in [0.29, 0.717) is 29.8 Å². The van der Waals surface area contributed by atoms with Crippen LogP contribution in [0.4, 0.5) is 13.2 Å². The van der Waals surface area contributed by atoms with Crippen LogP contribution in [-0.2, 0) is 44.7 Å². The summed E-state index contributed by atoms with van der Waals surface area (Å²) in [5, 5.41) is 13.8. The highest BCUT2D eigenvalue weighted by molar-refractivity contribution is 6.33. The fourth-order valence-electron chi connectivity index (χ4n) is 7.99. The first-order valence-corrected chi connectivity index (χ1v) is 22.4. The van der Waals surface area contributed by atoms with Crippen molar-refractivity contribution in [3.05, 3.63) is 33.8 Å². The van der Waals surface area contributed by atoms with Crippen molar-refractivity contribution in [3.63, 3.8) is 0 Å². The Hall–Kier alpha value is -4.16. The van der Waals surface area contributed by atoms with Gasteiger partial charge in [-0.2, -0.15) is 13.2 Å². The second-order valence-corrected chi connectivity index (χ2v) is 17.8. The largest absolute Gasteiger partial charge is 0.403 e. The van der Waals surface area contributed by atoms with Crippen LogP contribution in [0.3, 0.4) is 0 Å². The molecule has 1 aliphatic carbocycles. The van der Waals surface area contributed by atoms with E-state index in [1.165, 1.54) is 40.0 Å². The van der Waals surface area contributed by atoms with Crippen molar-refractivity contribution < 1.29 is 51.5 Å². The maximum Gasteiger partial charge on any atom is 0.403 e. The third kappa shape index (κ3) is 14.4. The number of nitrogens with zero attached hydrogens (tertiary/aromatic N) is 2. The number of likely N-dealkylation sites (N-methyl/N-ethyl adjacent to an activating group) is 2. The van der Waals surface area contributed by atoms with Gasteiger partial charge < -0.3 is 41.1 Å². The Balaban J connectivity index is 1.96. The Morgan fingerprint density at radius 1 is 0.968 bits per heavy atom. The van der Waals surface area contributed by atoms with Crippen molar-refractivity contribution in [1.29, 1.82) is 0 Å². The molecule has 0 bridgehead atoms. The summed E-state index contributed by atoms with van der Waals surface area (Å²) in [6.45, 7) is 6.83. The molecule has 1 saturated carbocycles. The van der Waals surface area contributed by atoms with E-state index in [2.05, 4.69) is 26.6 Å². The zero-order valence-electron chi connectivity index (χ0n) is 37.2. The van der Waals surface area contributed by atoms with Crippen LogP contribution in [0.15, 0.2) is 18.2 Å². The Morgan fingerprint density at radius 2 is 1.63 bits per heavy atom. The van der Waals surface area contributed by atoms with E-state index >= 15 is 0 Å². The number of alkyl halides is 3. The fourth-order valence-corrected chi connectivity index (χ4v) is 8.38. The number of hydrogen-bond acceptors (Lipinski definition) is 8. The molecule has 1 aromatic carbocycles. The molecule has 1 aromatic rings.